The van der Waals surface area contributed by atoms with Crippen molar-refractivity contribution < 1.29 is 19.4 Å². The summed E-state index contributed by atoms with van der Waals surface area (Å²) in [4.78, 5) is 35.0. The highest BCUT2D eigenvalue weighted by Crippen LogP contribution is 2.44. The summed E-state index contributed by atoms with van der Waals surface area (Å²) in [5.74, 6) is -1.23. The minimum absolute atomic E-state index is 0.0152. The highest BCUT2D eigenvalue weighted by Gasteiger charge is 2.47. The molecule has 0 saturated carbocycles. The van der Waals surface area contributed by atoms with Gasteiger partial charge in [-0.2, -0.15) is 0 Å². The van der Waals surface area contributed by atoms with Gasteiger partial charge in [0.2, 0.25) is 0 Å². The average Bonchev–Trinajstić information content (AvgIpc) is 3.19. The van der Waals surface area contributed by atoms with E-state index in [0.717, 1.165) is 29.9 Å². The van der Waals surface area contributed by atoms with Crippen LogP contribution in [0.15, 0.2) is 66.5 Å². The van der Waals surface area contributed by atoms with Crippen molar-refractivity contribution in [1.82, 2.24) is 4.98 Å². The van der Waals surface area contributed by atoms with Crippen LogP contribution in [0.1, 0.15) is 47.6 Å². The fourth-order valence-corrected chi connectivity index (χ4v) is 5.47. The van der Waals surface area contributed by atoms with E-state index in [-0.39, 0.29) is 11.3 Å². The first-order valence-corrected chi connectivity index (χ1v) is 12.6. The molecule has 0 bridgehead atoms. The number of benzene rings is 2. The van der Waals surface area contributed by atoms with Gasteiger partial charge in [0.05, 0.1) is 24.3 Å². The van der Waals surface area contributed by atoms with E-state index in [1.807, 2.05) is 50.2 Å². The predicted molar refractivity (Wildman–Crippen MR) is 144 cm³/mol. The summed E-state index contributed by atoms with van der Waals surface area (Å²) in [5.41, 5.74) is 4.44. The maximum atomic E-state index is 13.5. The lowest BCUT2D eigenvalue weighted by Crippen LogP contribution is -2.30. The second kappa shape index (κ2) is 10.1. The maximum absolute atomic E-state index is 13.5. The van der Waals surface area contributed by atoms with Gasteiger partial charge in [-0.05, 0) is 86.2 Å². The number of aryl methyl sites for hydroxylation is 2. The van der Waals surface area contributed by atoms with Crippen LogP contribution in [-0.4, -0.2) is 42.0 Å². The van der Waals surface area contributed by atoms with Crippen LogP contribution in [0.5, 0.6) is 5.75 Å². The number of pyridine rings is 1. The number of nitrogens with zero attached hydrogens (tertiary/aromatic N) is 3. The molecule has 0 radical (unpaired) electrons. The first-order chi connectivity index (χ1) is 17.9. The Morgan fingerprint density at radius 2 is 1.70 bits per heavy atom. The molecule has 2 aliphatic rings. The van der Waals surface area contributed by atoms with Crippen molar-refractivity contribution in [3.63, 3.8) is 0 Å². The van der Waals surface area contributed by atoms with E-state index in [4.69, 9.17) is 4.74 Å². The van der Waals surface area contributed by atoms with Crippen molar-refractivity contribution in [2.45, 2.75) is 39.2 Å². The van der Waals surface area contributed by atoms with E-state index in [1.165, 1.54) is 31.3 Å². The fraction of sp³-hybridized carbons (Fsp3) is 0.300. The smallest absolute Gasteiger partial charge is 0.300 e. The molecule has 1 amide bonds. The zero-order valence-corrected chi connectivity index (χ0v) is 21.4. The number of rotatable bonds is 5. The Morgan fingerprint density at radius 3 is 2.35 bits per heavy atom. The Bertz CT molecular complexity index is 1360. The van der Waals surface area contributed by atoms with Gasteiger partial charge in [0, 0.05) is 36.9 Å². The summed E-state index contributed by atoms with van der Waals surface area (Å²) in [6, 6.07) is 14.2. The molecule has 0 aliphatic carbocycles. The second-order valence-corrected chi connectivity index (χ2v) is 9.68. The number of piperidine rings is 1. The Balaban J connectivity index is 1.64. The molecule has 1 atom stereocenters. The molecule has 3 aromatic rings. The molecule has 7 nitrogen and oxygen atoms in total. The van der Waals surface area contributed by atoms with Crippen LogP contribution in [-0.2, 0) is 9.59 Å². The van der Waals surface area contributed by atoms with Gasteiger partial charge in [0.1, 0.15) is 11.5 Å². The number of anilines is 2. The third-order valence-electron chi connectivity index (χ3n) is 7.17. The molecule has 1 aromatic heterocycles. The molecule has 190 valence electrons. The molecule has 3 heterocycles. The van der Waals surface area contributed by atoms with E-state index in [2.05, 4.69) is 9.88 Å². The molecule has 2 aromatic carbocycles. The highest BCUT2D eigenvalue weighted by molar-refractivity contribution is 6.51. The van der Waals surface area contributed by atoms with Crippen molar-refractivity contribution in [3.05, 3.63) is 88.8 Å². The zero-order chi connectivity index (χ0) is 26.1. The standard InChI is InChI=1S/C30H31N3O4/c1-19-16-20(2)29(37-3)24(17-19)27(34)25-26(21-8-7-13-31-18-21)33(30(36)28(25)35)23-11-9-22(10-12-23)32-14-5-4-6-15-32/h7-13,16-18,26,34H,4-6,14-15H2,1-3H3/b27-25+. The molecule has 2 saturated heterocycles. The van der Waals surface area contributed by atoms with Gasteiger partial charge in [0.25, 0.3) is 11.7 Å². The number of carbonyl (C=O) groups is 2. The lowest BCUT2D eigenvalue weighted by molar-refractivity contribution is -0.132. The molecule has 0 spiro atoms. The van der Waals surface area contributed by atoms with Crippen molar-refractivity contribution in [1.29, 1.82) is 0 Å². The number of aromatic nitrogens is 1. The summed E-state index contributed by atoms with van der Waals surface area (Å²) >= 11 is 0. The molecule has 7 heteroatoms. The van der Waals surface area contributed by atoms with Crippen LogP contribution in [0, 0.1) is 13.8 Å². The normalized spacial score (nSPS) is 19.4. The molecule has 1 unspecified atom stereocenters. The highest BCUT2D eigenvalue weighted by atomic mass is 16.5. The van der Waals surface area contributed by atoms with E-state index in [0.29, 0.717) is 22.6 Å². The van der Waals surface area contributed by atoms with E-state index in [9.17, 15) is 14.7 Å². The summed E-state index contributed by atoms with van der Waals surface area (Å²) < 4.78 is 5.58. The average molecular weight is 498 g/mol. The second-order valence-electron chi connectivity index (χ2n) is 9.68. The number of hydrogen-bond acceptors (Lipinski definition) is 6. The molecule has 37 heavy (non-hydrogen) atoms. The molecular formula is C30H31N3O4. The molecule has 2 fully saturated rings. The lowest BCUT2D eigenvalue weighted by atomic mass is 9.94. The van der Waals surface area contributed by atoms with Crippen molar-refractivity contribution in [2.75, 3.05) is 30.0 Å². The van der Waals surface area contributed by atoms with Gasteiger partial charge in [-0.15, -0.1) is 0 Å². The number of ketones is 1. The number of ether oxygens (including phenoxy) is 1. The number of Topliss-reactive ketones (excluding diaryl/α,β-unsaturated/α-hetero) is 1. The number of aliphatic hydroxyl groups excluding tert-OH is 1. The van der Waals surface area contributed by atoms with Gasteiger partial charge in [0.15, 0.2) is 0 Å². The third-order valence-corrected chi connectivity index (χ3v) is 7.17. The minimum atomic E-state index is -0.833. The van der Waals surface area contributed by atoms with E-state index in [1.54, 1.807) is 24.5 Å². The largest absolute Gasteiger partial charge is 0.507 e. The van der Waals surface area contributed by atoms with Crippen molar-refractivity contribution in [2.24, 2.45) is 0 Å². The maximum Gasteiger partial charge on any atom is 0.300 e. The van der Waals surface area contributed by atoms with Crippen LogP contribution in [0.4, 0.5) is 11.4 Å². The minimum Gasteiger partial charge on any atom is -0.507 e. The first kappa shape index (κ1) is 24.6. The fourth-order valence-electron chi connectivity index (χ4n) is 5.47. The Morgan fingerprint density at radius 1 is 1.00 bits per heavy atom. The number of aliphatic hydroxyl groups is 1. The van der Waals surface area contributed by atoms with Gasteiger partial charge in [-0.25, -0.2) is 0 Å². The zero-order valence-electron chi connectivity index (χ0n) is 21.4. The Labute approximate surface area is 217 Å². The SMILES string of the molecule is COc1c(C)cc(C)cc1/C(O)=C1\C(=O)C(=O)N(c2ccc(N3CCCCC3)cc2)C1c1cccnc1. The molecule has 5 rings (SSSR count). The predicted octanol–water partition coefficient (Wildman–Crippen LogP) is 5.32. The quantitative estimate of drug-likeness (QED) is 0.292. The summed E-state index contributed by atoms with van der Waals surface area (Å²) in [6.07, 6.45) is 6.84. The Kier molecular flexibility index (Phi) is 6.70. The molecular weight excluding hydrogens is 466 g/mol. The van der Waals surface area contributed by atoms with Gasteiger partial charge < -0.3 is 14.7 Å². The number of hydrogen-bond donors (Lipinski definition) is 1. The van der Waals surface area contributed by atoms with Crippen molar-refractivity contribution in [3.8, 4) is 5.75 Å². The summed E-state index contributed by atoms with van der Waals surface area (Å²) in [6.45, 7) is 5.81. The van der Waals surface area contributed by atoms with Crippen LogP contribution in [0.25, 0.3) is 5.76 Å². The number of methoxy groups -OCH3 is 1. The third kappa shape index (κ3) is 4.46. The number of amides is 1. The van der Waals surface area contributed by atoms with Gasteiger partial charge in [-0.1, -0.05) is 12.1 Å². The van der Waals surface area contributed by atoms with E-state index < -0.39 is 17.7 Å². The van der Waals surface area contributed by atoms with Gasteiger partial charge in [-0.3, -0.25) is 19.5 Å². The number of carbonyl (C=O) groups excluding carboxylic acids is 2. The van der Waals surface area contributed by atoms with Crippen LogP contribution < -0.4 is 14.5 Å². The van der Waals surface area contributed by atoms with Crippen LogP contribution in [0.2, 0.25) is 0 Å². The molecule has 1 N–H and O–H groups in total. The summed E-state index contributed by atoms with van der Waals surface area (Å²) in [5, 5.41) is 11.6. The van der Waals surface area contributed by atoms with Crippen LogP contribution in [0.3, 0.4) is 0 Å². The van der Waals surface area contributed by atoms with Crippen molar-refractivity contribution >= 4 is 28.8 Å². The molecule has 2 aliphatic heterocycles. The van der Waals surface area contributed by atoms with E-state index >= 15 is 0 Å². The van der Waals surface area contributed by atoms with Crippen LogP contribution >= 0.6 is 0 Å². The van der Waals surface area contributed by atoms with Gasteiger partial charge >= 0.3 is 0 Å². The summed E-state index contributed by atoms with van der Waals surface area (Å²) in [7, 11) is 1.52. The topological polar surface area (TPSA) is 83.0 Å². The Hall–Kier alpha value is -4.13. The monoisotopic (exact) mass is 497 g/mol. The first-order valence-electron chi connectivity index (χ1n) is 12.6. The lowest BCUT2D eigenvalue weighted by Gasteiger charge is -2.30.